The van der Waals surface area contributed by atoms with Crippen molar-refractivity contribution in [2.45, 2.75) is 30.1 Å². The molecule has 140 valence electrons. The molecular formula is C15H18ClN5O3S2. The Hall–Kier alpha value is -1.14. The van der Waals surface area contributed by atoms with Crippen molar-refractivity contribution >= 4 is 33.0 Å². The van der Waals surface area contributed by atoms with Gasteiger partial charge in [-0.05, 0) is 18.9 Å². The first-order valence-corrected chi connectivity index (χ1v) is 10.7. The maximum absolute atomic E-state index is 12.9. The van der Waals surface area contributed by atoms with Crippen molar-refractivity contribution in [2.24, 2.45) is 5.73 Å². The van der Waals surface area contributed by atoms with Crippen molar-refractivity contribution in [3.8, 4) is 10.4 Å². The molecule has 8 nitrogen and oxygen atoms in total. The van der Waals surface area contributed by atoms with Gasteiger partial charge in [0, 0.05) is 41.4 Å². The van der Waals surface area contributed by atoms with Gasteiger partial charge in [-0.3, -0.25) is 5.32 Å². The molecule has 4 rings (SSSR count). The summed E-state index contributed by atoms with van der Waals surface area (Å²) in [4.78, 5) is 9.61. The second-order valence-corrected chi connectivity index (χ2v) is 9.84. The molecule has 0 spiro atoms. The highest BCUT2D eigenvalue weighted by atomic mass is 35.5. The summed E-state index contributed by atoms with van der Waals surface area (Å²) in [6.07, 6.45) is 5.23. The summed E-state index contributed by atoms with van der Waals surface area (Å²) in [5.74, 6) is 0. The predicted octanol–water partition coefficient (Wildman–Crippen LogP) is 1.30. The number of thiophene rings is 1. The average molecular weight is 416 g/mol. The van der Waals surface area contributed by atoms with Crippen LogP contribution in [0.1, 0.15) is 17.7 Å². The van der Waals surface area contributed by atoms with Gasteiger partial charge in [0.25, 0.3) is 0 Å². The number of aromatic nitrogens is 2. The van der Waals surface area contributed by atoms with Gasteiger partial charge in [-0.25, -0.2) is 18.4 Å². The first kappa shape index (κ1) is 18.2. The Balaban J connectivity index is 1.86. The van der Waals surface area contributed by atoms with Crippen LogP contribution in [-0.4, -0.2) is 48.1 Å². The minimum Gasteiger partial charge on any atom is -0.359 e. The molecule has 2 aromatic rings. The van der Waals surface area contributed by atoms with Crippen molar-refractivity contribution in [1.82, 2.24) is 19.6 Å². The Morgan fingerprint density at radius 3 is 2.92 bits per heavy atom. The fourth-order valence-electron chi connectivity index (χ4n) is 3.47. The van der Waals surface area contributed by atoms with E-state index < -0.39 is 27.3 Å². The van der Waals surface area contributed by atoms with Crippen LogP contribution in [0.15, 0.2) is 24.8 Å². The molecular weight excluding hydrogens is 398 g/mol. The maximum Gasteiger partial charge on any atom is 0.245 e. The molecule has 11 heteroatoms. The third-order valence-electron chi connectivity index (χ3n) is 4.79. The summed E-state index contributed by atoms with van der Waals surface area (Å²) in [5, 5.41) is 3.73. The molecule has 0 aliphatic carbocycles. The minimum absolute atomic E-state index is 0.374. The molecule has 3 N–H and O–H groups in total. The van der Waals surface area contributed by atoms with Crippen LogP contribution in [0.3, 0.4) is 0 Å². The molecule has 2 aromatic heterocycles. The van der Waals surface area contributed by atoms with Gasteiger partial charge >= 0.3 is 0 Å². The number of halogens is 1. The minimum atomic E-state index is -3.74. The molecule has 2 unspecified atom stereocenters. The highest BCUT2D eigenvalue weighted by Gasteiger charge is 2.58. The lowest BCUT2D eigenvalue weighted by molar-refractivity contribution is -0.0375. The summed E-state index contributed by atoms with van der Waals surface area (Å²) >= 11 is 7.95. The van der Waals surface area contributed by atoms with Crippen molar-refractivity contribution in [1.29, 1.82) is 0 Å². The smallest absolute Gasteiger partial charge is 0.245 e. The van der Waals surface area contributed by atoms with Crippen LogP contribution in [-0.2, 0) is 20.3 Å². The van der Waals surface area contributed by atoms with Crippen molar-refractivity contribution in [2.75, 3.05) is 13.7 Å². The Kier molecular flexibility index (Phi) is 4.55. The molecule has 2 fully saturated rings. The third-order valence-corrected chi connectivity index (χ3v) is 8.67. The third kappa shape index (κ3) is 2.68. The topological polar surface area (TPSA) is 110 Å². The number of nitrogens with two attached hydrogens (primary N) is 1. The van der Waals surface area contributed by atoms with Crippen molar-refractivity contribution in [3.63, 3.8) is 0 Å². The van der Waals surface area contributed by atoms with Crippen LogP contribution in [0.4, 0.5) is 0 Å². The summed E-state index contributed by atoms with van der Waals surface area (Å²) in [7, 11) is -2.30. The largest absolute Gasteiger partial charge is 0.359 e. The Morgan fingerprint density at radius 1 is 1.46 bits per heavy atom. The van der Waals surface area contributed by atoms with Gasteiger partial charge in [0.1, 0.15) is 12.6 Å². The molecule has 0 bridgehead atoms. The summed E-state index contributed by atoms with van der Waals surface area (Å²) in [6.45, 7) is 0.374. The van der Waals surface area contributed by atoms with Gasteiger partial charge in [0.05, 0.1) is 10.6 Å². The second kappa shape index (κ2) is 6.48. The summed E-state index contributed by atoms with van der Waals surface area (Å²) < 4.78 is 32.7. The van der Waals surface area contributed by atoms with E-state index in [4.69, 9.17) is 22.1 Å². The van der Waals surface area contributed by atoms with Gasteiger partial charge in [0.2, 0.25) is 10.0 Å². The van der Waals surface area contributed by atoms with Gasteiger partial charge in [-0.1, -0.05) is 11.6 Å². The average Bonchev–Trinajstić information content (AvgIpc) is 3.03. The predicted molar refractivity (Wildman–Crippen MR) is 98.8 cm³/mol. The van der Waals surface area contributed by atoms with Crippen LogP contribution in [0.25, 0.3) is 10.4 Å². The van der Waals surface area contributed by atoms with E-state index in [0.29, 0.717) is 29.3 Å². The highest BCUT2D eigenvalue weighted by Crippen LogP contribution is 2.49. The Morgan fingerprint density at radius 2 is 2.19 bits per heavy atom. The highest BCUT2D eigenvalue weighted by molar-refractivity contribution is 7.89. The number of hydrogen-bond donors (Lipinski definition) is 2. The van der Waals surface area contributed by atoms with E-state index in [1.165, 1.54) is 24.7 Å². The molecule has 4 heterocycles. The lowest BCUT2D eigenvalue weighted by atomic mass is 9.90. The molecule has 26 heavy (non-hydrogen) atoms. The standard InChI is InChI=1S/C15H18ClN5O3S2/c1-21-14(17)20-15(3-2-4-24-13(15)26(21,22)23)12-10(16)5-11(25-12)9-6-18-8-19-7-9/h5-8,13-14,20H,2-4,17H2,1H3/t13?,14?,15-/m1/s1. The van der Waals surface area contributed by atoms with E-state index in [-0.39, 0.29) is 0 Å². The number of fused-ring (bicyclic) bond motifs is 1. The number of nitrogens with one attached hydrogen (secondary N) is 1. The number of nitrogens with zero attached hydrogens (tertiary/aromatic N) is 3. The van der Waals surface area contributed by atoms with Gasteiger partial charge in [-0.15, -0.1) is 11.3 Å². The fraction of sp³-hybridized carbons (Fsp3) is 0.467. The Bertz CT molecular complexity index is 923. The zero-order valence-corrected chi connectivity index (χ0v) is 16.3. The van der Waals surface area contributed by atoms with E-state index in [1.807, 2.05) is 0 Å². The van der Waals surface area contributed by atoms with Crippen LogP contribution >= 0.6 is 22.9 Å². The zero-order chi connectivity index (χ0) is 18.5. The molecule has 0 amide bonds. The molecule has 0 saturated carbocycles. The molecule has 0 radical (unpaired) electrons. The number of hydrogen-bond acceptors (Lipinski definition) is 8. The molecule has 2 aliphatic rings. The molecule has 0 aromatic carbocycles. The van der Waals surface area contributed by atoms with Crippen LogP contribution in [0.5, 0.6) is 0 Å². The quantitative estimate of drug-likeness (QED) is 0.760. The number of ether oxygens (including phenoxy) is 1. The molecule has 3 atom stereocenters. The maximum atomic E-state index is 12.9. The van der Waals surface area contributed by atoms with E-state index in [2.05, 4.69) is 15.3 Å². The van der Waals surface area contributed by atoms with Crippen LogP contribution in [0, 0.1) is 0 Å². The second-order valence-electron chi connectivity index (χ2n) is 6.34. The Labute approximate surface area is 160 Å². The summed E-state index contributed by atoms with van der Waals surface area (Å²) in [6, 6.07) is 1.80. The SMILES string of the molecule is CN1C(N)N[C@@]2(c3sc(-c4cncnc4)cc3Cl)CCCOC2S1(=O)=O. The monoisotopic (exact) mass is 415 g/mol. The van der Waals surface area contributed by atoms with Gasteiger partial charge in [-0.2, -0.15) is 4.31 Å². The molecule has 2 saturated heterocycles. The lowest BCUT2D eigenvalue weighted by Gasteiger charge is -2.51. The van der Waals surface area contributed by atoms with E-state index >= 15 is 0 Å². The van der Waals surface area contributed by atoms with Crippen molar-refractivity contribution in [3.05, 3.63) is 34.7 Å². The molecule has 2 aliphatic heterocycles. The summed E-state index contributed by atoms with van der Waals surface area (Å²) in [5.41, 5.74) is 4.82. The number of rotatable bonds is 2. The first-order valence-electron chi connectivity index (χ1n) is 8.03. The lowest BCUT2D eigenvalue weighted by Crippen LogP contribution is -2.73. The van der Waals surface area contributed by atoms with Crippen molar-refractivity contribution < 1.29 is 13.2 Å². The van der Waals surface area contributed by atoms with E-state index in [1.54, 1.807) is 18.5 Å². The van der Waals surface area contributed by atoms with Crippen LogP contribution in [0.2, 0.25) is 5.02 Å². The normalized spacial score (nSPS) is 31.5. The van der Waals surface area contributed by atoms with Gasteiger partial charge < -0.3 is 10.5 Å². The number of sulfonamides is 1. The van der Waals surface area contributed by atoms with E-state index in [9.17, 15) is 8.42 Å². The van der Waals surface area contributed by atoms with E-state index in [0.717, 1.165) is 14.7 Å². The van der Waals surface area contributed by atoms with Gasteiger partial charge in [0.15, 0.2) is 5.44 Å². The fourth-order valence-corrected chi connectivity index (χ4v) is 6.98. The van der Waals surface area contributed by atoms with Crippen LogP contribution < -0.4 is 11.1 Å². The first-order chi connectivity index (χ1) is 12.4. The zero-order valence-electron chi connectivity index (χ0n) is 13.9.